The van der Waals surface area contributed by atoms with Gasteiger partial charge in [0.25, 0.3) is 0 Å². The Kier molecular flexibility index (Phi) is 8.35. The standard InChI is InChI=1S/C16H29NO4/c1-13(16(19)21-3)12-17(9-10-20-2)15(18)11-14-7-5-4-6-8-14/h13-14H,4-12H2,1-3H3. The highest BCUT2D eigenvalue weighted by Gasteiger charge is 2.24. The van der Waals surface area contributed by atoms with Crippen LogP contribution in [0.5, 0.6) is 0 Å². The Morgan fingerprint density at radius 3 is 2.43 bits per heavy atom. The van der Waals surface area contributed by atoms with E-state index in [1.807, 2.05) is 0 Å². The molecule has 1 amide bonds. The fraction of sp³-hybridized carbons (Fsp3) is 0.875. The number of carbonyl (C=O) groups is 2. The normalized spacial score (nSPS) is 17.3. The third kappa shape index (κ3) is 6.46. The highest BCUT2D eigenvalue weighted by Crippen LogP contribution is 2.27. The maximum Gasteiger partial charge on any atom is 0.310 e. The first-order valence-electron chi connectivity index (χ1n) is 7.93. The average Bonchev–Trinajstić information content (AvgIpc) is 2.51. The van der Waals surface area contributed by atoms with Crippen LogP contribution in [0.15, 0.2) is 0 Å². The van der Waals surface area contributed by atoms with E-state index in [0.29, 0.717) is 32.0 Å². The Bertz CT molecular complexity index is 326. The van der Waals surface area contributed by atoms with Crippen LogP contribution in [0.3, 0.4) is 0 Å². The highest BCUT2D eigenvalue weighted by molar-refractivity contribution is 5.78. The van der Waals surface area contributed by atoms with Gasteiger partial charge in [0.2, 0.25) is 5.91 Å². The number of carbonyl (C=O) groups excluding carboxylic acids is 2. The van der Waals surface area contributed by atoms with Crippen LogP contribution in [0.1, 0.15) is 45.4 Å². The molecule has 1 aliphatic carbocycles. The summed E-state index contributed by atoms with van der Waals surface area (Å²) in [5, 5.41) is 0. The molecule has 0 aromatic rings. The van der Waals surface area contributed by atoms with Crippen LogP contribution in [-0.4, -0.2) is 50.7 Å². The zero-order valence-electron chi connectivity index (χ0n) is 13.6. The zero-order chi connectivity index (χ0) is 15.7. The number of methoxy groups -OCH3 is 2. The van der Waals surface area contributed by atoms with Crippen molar-refractivity contribution in [2.75, 3.05) is 33.9 Å². The molecular weight excluding hydrogens is 270 g/mol. The third-order valence-corrected chi connectivity index (χ3v) is 4.20. The molecule has 0 aromatic carbocycles. The molecule has 1 unspecified atom stereocenters. The second kappa shape index (κ2) is 9.77. The Hall–Kier alpha value is -1.10. The number of hydrogen-bond acceptors (Lipinski definition) is 4. The molecule has 0 heterocycles. The zero-order valence-corrected chi connectivity index (χ0v) is 13.6. The smallest absolute Gasteiger partial charge is 0.310 e. The van der Waals surface area contributed by atoms with Gasteiger partial charge in [0.05, 0.1) is 19.6 Å². The minimum atomic E-state index is -0.304. The summed E-state index contributed by atoms with van der Waals surface area (Å²) in [5.41, 5.74) is 0. The molecule has 5 heteroatoms. The molecule has 0 saturated heterocycles. The third-order valence-electron chi connectivity index (χ3n) is 4.20. The van der Waals surface area contributed by atoms with Gasteiger partial charge in [-0.2, -0.15) is 0 Å². The molecule has 5 nitrogen and oxygen atoms in total. The van der Waals surface area contributed by atoms with Gasteiger partial charge in [0.1, 0.15) is 0 Å². The first kappa shape index (κ1) is 18.0. The fourth-order valence-electron chi connectivity index (χ4n) is 2.89. The maximum atomic E-state index is 12.5. The van der Waals surface area contributed by atoms with E-state index in [2.05, 4.69) is 0 Å². The molecule has 1 saturated carbocycles. The average molecular weight is 299 g/mol. The van der Waals surface area contributed by atoms with Gasteiger partial charge in [0, 0.05) is 26.6 Å². The molecule has 1 rings (SSSR count). The lowest BCUT2D eigenvalue weighted by Crippen LogP contribution is -2.40. The van der Waals surface area contributed by atoms with Crippen molar-refractivity contribution in [2.45, 2.75) is 45.4 Å². The summed E-state index contributed by atoms with van der Waals surface area (Å²) < 4.78 is 9.81. The van der Waals surface area contributed by atoms with Crippen LogP contribution in [0.25, 0.3) is 0 Å². The summed E-state index contributed by atoms with van der Waals surface area (Å²) in [6.45, 7) is 3.22. The number of ether oxygens (including phenoxy) is 2. The van der Waals surface area contributed by atoms with Gasteiger partial charge in [0.15, 0.2) is 0 Å². The van der Waals surface area contributed by atoms with Crippen molar-refractivity contribution < 1.29 is 19.1 Å². The van der Waals surface area contributed by atoms with E-state index in [0.717, 1.165) is 12.8 Å². The fourth-order valence-corrected chi connectivity index (χ4v) is 2.89. The monoisotopic (exact) mass is 299 g/mol. The number of amides is 1. The lowest BCUT2D eigenvalue weighted by atomic mass is 9.86. The second-order valence-electron chi connectivity index (χ2n) is 5.96. The van der Waals surface area contributed by atoms with Crippen LogP contribution in [0.2, 0.25) is 0 Å². The summed E-state index contributed by atoms with van der Waals surface area (Å²) >= 11 is 0. The SMILES string of the molecule is COCCN(CC(C)C(=O)OC)C(=O)CC1CCCCC1. The lowest BCUT2D eigenvalue weighted by Gasteiger charge is -2.28. The summed E-state index contributed by atoms with van der Waals surface area (Å²) in [4.78, 5) is 25.8. The number of esters is 1. The molecule has 0 radical (unpaired) electrons. The maximum absolute atomic E-state index is 12.5. The van der Waals surface area contributed by atoms with Crippen molar-refractivity contribution in [2.24, 2.45) is 11.8 Å². The largest absolute Gasteiger partial charge is 0.469 e. The molecule has 0 aromatic heterocycles. The van der Waals surface area contributed by atoms with Crippen LogP contribution >= 0.6 is 0 Å². The molecule has 0 spiro atoms. The lowest BCUT2D eigenvalue weighted by molar-refractivity contribution is -0.146. The van der Waals surface area contributed by atoms with E-state index in [-0.39, 0.29) is 17.8 Å². The Labute approximate surface area is 128 Å². The van der Waals surface area contributed by atoms with E-state index in [9.17, 15) is 9.59 Å². The Balaban J connectivity index is 2.53. The van der Waals surface area contributed by atoms with Crippen LogP contribution in [0.4, 0.5) is 0 Å². The Morgan fingerprint density at radius 2 is 1.86 bits per heavy atom. The molecule has 1 atom stereocenters. The molecule has 1 aliphatic rings. The second-order valence-corrected chi connectivity index (χ2v) is 5.96. The summed E-state index contributed by atoms with van der Waals surface area (Å²) in [6, 6.07) is 0. The Morgan fingerprint density at radius 1 is 1.19 bits per heavy atom. The number of nitrogens with zero attached hydrogens (tertiary/aromatic N) is 1. The van der Waals surface area contributed by atoms with E-state index >= 15 is 0 Å². The topological polar surface area (TPSA) is 55.8 Å². The van der Waals surface area contributed by atoms with Gasteiger partial charge in [-0.05, 0) is 18.8 Å². The molecule has 1 fully saturated rings. The minimum Gasteiger partial charge on any atom is -0.469 e. The molecule has 21 heavy (non-hydrogen) atoms. The van der Waals surface area contributed by atoms with Crippen LogP contribution in [0, 0.1) is 11.8 Å². The van der Waals surface area contributed by atoms with Gasteiger partial charge in [-0.15, -0.1) is 0 Å². The predicted molar refractivity (Wildman–Crippen MR) is 80.8 cm³/mol. The summed E-state index contributed by atoms with van der Waals surface area (Å²) in [7, 11) is 3.00. The van der Waals surface area contributed by atoms with Gasteiger partial charge in [-0.1, -0.05) is 26.2 Å². The van der Waals surface area contributed by atoms with Crippen molar-refractivity contribution >= 4 is 11.9 Å². The van der Waals surface area contributed by atoms with Crippen molar-refractivity contribution in [3.05, 3.63) is 0 Å². The van der Waals surface area contributed by atoms with Gasteiger partial charge in [-0.3, -0.25) is 9.59 Å². The quantitative estimate of drug-likeness (QED) is 0.645. The first-order chi connectivity index (χ1) is 10.1. The van der Waals surface area contributed by atoms with E-state index < -0.39 is 0 Å². The van der Waals surface area contributed by atoms with E-state index in [1.54, 1.807) is 18.9 Å². The molecule has 122 valence electrons. The van der Waals surface area contributed by atoms with Crippen molar-refractivity contribution in [3.8, 4) is 0 Å². The highest BCUT2D eigenvalue weighted by atomic mass is 16.5. The van der Waals surface area contributed by atoms with Gasteiger partial charge >= 0.3 is 5.97 Å². The van der Waals surface area contributed by atoms with Crippen LogP contribution in [-0.2, 0) is 19.1 Å². The molecular formula is C16H29NO4. The van der Waals surface area contributed by atoms with E-state index in [1.165, 1.54) is 26.4 Å². The molecule has 0 bridgehead atoms. The number of rotatable bonds is 8. The van der Waals surface area contributed by atoms with Crippen LogP contribution < -0.4 is 0 Å². The van der Waals surface area contributed by atoms with Crippen molar-refractivity contribution in [1.29, 1.82) is 0 Å². The van der Waals surface area contributed by atoms with Gasteiger partial charge < -0.3 is 14.4 Å². The molecule has 0 aliphatic heterocycles. The predicted octanol–water partition coefficient (Wildman–Crippen LogP) is 2.24. The molecule has 0 N–H and O–H groups in total. The first-order valence-corrected chi connectivity index (χ1v) is 7.93. The van der Waals surface area contributed by atoms with Crippen molar-refractivity contribution in [1.82, 2.24) is 4.90 Å². The number of hydrogen-bond donors (Lipinski definition) is 0. The minimum absolute atomic E-state index is 0.134. The van der Waals surface area contributed by atoms with Gasteiger partial charge in [-0.25, -0.2) is 0 Å². The summed E-state index contributed by atoms with van der Waals surface area (Å²) in [5.74, 6) is 0.0597. The van der Waals surface area contributed by atoms with E-state index in [4.69, 9.17) is 9.47 Å². The summed E-state index contributed by atoms with van der Waals surface area (Å²) in [6.07, 6.45) is 6.64. The van der Waals surface area contributed by atoms with Crippen molar-refractivity contribution in [3.63, 3.8) is 0 Å².